The average molecular weight is 180 g/mol. The number of hydrogen-bond donors (Lipinski definition) is 1. The summed E-state index contributed by atoms with van der Waals surface area (Å²) in [6.45, 7) is 6.76. The van der Waals surface area contributed by atoms with Crippen LogP contribution >= 0.6 is 0 Å². The van der Waals surface area contributed by atoms with E-state index in [2.05, 4.69) is 23.1 Å². The van der Waals surface area contributed by atoms with Gasteiger partial charge in [0, 0.05) is 38.6 Å². The standard InChI is InChI=1S/C11H20N2/c1-3-5-8-13-9-7-12-11(10-13)6-4-2/h1,11-12H,4-10H2,2H3. The minimum atomic E-state index is 0.691. The second kappa shape index (κ2) is 6.01. The van der Waals surface area contributed by atoms with Crippen LogP contribution in [0.25, 0.3) is 0 Å². The van der Waals surface area contributed by atoms with Gasteiger partial charge < -0.3 is 5.32 Å². The first-order chi connectivity index (χ1) is 6.36. The monoisotopic (exact) mass is 180 g/mol. The molecule has 0 aromatic rings. The Morgan fingerprint density at radius 1 is 1.62 bits per heavy atom. The van der Waals surface area contributed by atoms with Gasteiger partial charge in [-0.2, -0.15) is 0 Å². The van der Waals surface area contributed by atoms with Crippen LogP contribution in [0.5, 0.6) is 0 Å². The van der Waals surface area contributed by atoms with E-state index in [4.69, 9.17) is 6.42 Å². The highest BCUT2D eigenvalue weighted by molar-refractivity contribution is 4.86. The highest BCUT2D eigenvalue weighted by Gasteiger charge is 2.17. The molecule has 0 spiro atoms. The summed E-state index contributed by atoms with van der Waals surface area (Å²) in [7, 11) is 0. The maximum absolute atomic E-state index is 5.25. The summed E-state index contributed by atoms with van der Waals surface area (Å²) >= 11 is 0. The van der Waals surface area contributed by atoms with Gasteiger partial charge in [-0.25, -0.2) is 0 Å². The molecule has 0 aromatic carbocycles. The molecule has 74 valence electrons. The zero-order chi connectivity index (χ0) is 9.52. The molecule has 0 aromatic heterocycles. The molecule has 1 aliphatic rings. The predicted molar refractivity (Wildman–Crippen MR) is 56.6 cm³/mol. The van der Waals surface area contributed by atoms with Crippen LogP contribution in [0, 0.1) is 12.3 Å². The van der Waals surface area contributed by atoms with Gasteiger partial charge in [-0.05, 0) is 6.42 Å². The molecule has 1 fully saturated rings. The van der Waals surface area contributed by atoms with E-state index in [0.717, 1.165) is 26.1 Å². The van der Waals surface area contributed by atoms with Crippen LogP contribution in [0.1, 0.15) is 26.2 Å². The Hall–Kier alpha value is -0.520. The van der Waals surface area contributed by atoms with E-state index in [0.29, 0.717) is 6.04 Å². The van der Waals surface area contributed by atoms with Crippen LogP contribution in [-0.2, 0) is 0 Å². The van der Waals surface area contributed by atoms with E-state index in [1.807, 2.05) is 0 Å². The molecular weight excluding hydrogens is 160 g/mol. The third-order valence-corrected chi connectivity index (χ3v) is 2.55. The SMILES string of the molecule is C#CCCN1CCNC(CCC)C1. The summed E-state index contributed by atoms with van der Waals surface area (Å²) in [5.41, 5.74) is 0. The van der Waals surface area contributed by atoms with Crippen molar-refractivity contribution in [3.8, 4) is 12.3 Å². The molecule has 1 rings (SSSR count). The van der Waals surface area contributed by atoms with Gasteiger partial charge in [0.25, 0.3) is 0 Å². The van der Waals surface area contributed by atoms with E-state index >= 15 is 0 Å². The lowest BCUT2D eigenvalue weighted by molar-refractivity contribution is 0.198. The first-order valence-corrected chi connectivity index (χ1v) is 5.26. The summed E-state index contributed by atoms with van der Waals surface area (Å²) in [4.78, 5) is 2.47. The molecule has 1 heterocycles. The summed E-state index contributed by atoms with van der Waals surface area (Å²) in [5.74, 6) is 2.70. The highest BCUT2D eigenvalue weighted by atomic mass is 15.2. The van der Waals surface area contributed by atoms with Gasteiger partial charge in [-0.1, -0.05) is 13.3 Å². The fourth-order valence-electron chi connectivity index (χ4n) is 1.86. The Bertz CT molecular complexity index is 169. The lowest BCUT2D eigenvalue weighted by Gasteiger charge is -2.33. The van der Waals surface area contributed by atoms with Gasteiger partial charge in [-0.3, -0.25) is 4.90 Å². The summed E-state index contributed by atoms with van der Waals surface area (Å²) in [6, 6.07) is 0.691. The second-order valence-electron chi connectivity index (χ2n) is 3.69. The van der Waals surface area contributed by atoms with Gasteiger partial charge in [-0.15, -0.1) is 12.3 Å². The normalized spacial score (nSPS) is 24.2. The first kappa shape index (κ1) is 10.6. The van der Waals surface area contributed by atoms with Crippen LogP contribution in [-0.4, -0.2) is 37.1 Å². The number of nitrogens with zero attached hydrogens (tertiary/aromatic N) is 1. The van der Waals surface area contributed by atoms with Crippen molar-refractivity contribution < 1.29 is 0 Å². The van der Waals surface area contributed by atoms with Crippen LogP contribution in [0.4, 0.5) is 0 Å². The van der Waals surface area contributed by atoms with Crippen molar-refractivity contribution in [3.05, 3.63) is 0 Å². The Morgan fingerprint density at radius 3 is 3.15 bits per heavy atom. The van der Waals surface area contributed by atoms with E-state index in [1.165, 1.54) is 19.4 Å². The smallest absolute Gasteiger partial charge is 0.0214 e. The lowest BCUT2D eigenvalue weighted by atomic mass is 10.1. The van der Waals surface area contributed by atoms with Crippen LogP contribution in [0.15, 0.2) is 0 Å². The molecule has 1 unspecified atom stereocenters. The van der Waals surface area contributed by atoms with E-state index in [-0.39, 0.29) is 0 Å². The van der Waals surface area contributed by atoms with Gasteiger partial charge in [0.15, 0.2) is 0 Å². The van der Waals surface area contributed by atoms with Crippen molar-refractivity contribution in [3.63, 3.8) is 0 Å². The van der Waals surface area contributed by atoms with Crippen LogP contribution < -0.4 is 5.32 Å². The quantitative estimate of drug-likeness (QED) is 0.651. The van der Waals surface area contributed by atoms with Crippen molar-refractivity contribution in [1.82, 2.24) is 10.2 Å². The van der Waals surface area contributed by atoms with Crippen molar-refractivity contribution in [2.24, 2.45) is 0 Å². The Labute approximate surface area is 81.7 Å². The summed E-state index contributed by atoms with van der Waals surface area (Å²) in [6.07, 6.45) is 8.68. The molecule has 0 bridgehead atoms. The number of terminal acetylenes is 1. The molecule has 0 saturated carbocycles. The van der Waals surface area contributed by atoms with Gasteiger partial charge in [0.1, 0.15) is 0 Å². The van der Waals surface area contributed by atoms with Gasteiger partial charge in [0.2, 0.25) is 0 Å². The van der Waals surface area contributed by atoms with Gasteiger partial charge >= 0.3 is 0 Å². The number of hydrogen-bond acceptors (Lipinski definition) is 2. The van der Waals surface area contributed by atoms with E-state index < -0.39 is 0 Å². The molecule has 1 saturated heterocycles. The van der Waals surface area contributed by atoms with Gasteiger partial charge in [0.05, 0.1) is 0 Å². The maximum Gasteiger partial charge on any atom is 0.0214 e. The number of nitrogens with one attached hydrogen (secondary N) is 1. The Balaban J connectivity index is 2.21. The largest absolute Gasteiger partial charge is 0.311 e. The zero-order valence-corrected chi connectivity index (χ0v) is 8.55. The second-order valence-corrected chi connectivity index (χ2v) is 3.69. The number of rotatable bonds is 4. The van der Waals surface area contributed by atoms with Crippen molar-refractivity contribution in [2.75, 3.05) is 26.2 Å². The predicted octanol–water partition coefficient (Wildman–Crippen LogP) is 1.08. The average Bonchev–Trinajstić information content (AvgIpc) is 2.16. The summed E-state index contributed by atoms with van der Waals surface area (Å²) < 4.78 is 0. The highest BCUT2D eigenvalue weighted by Crippen LogP contribution is 2.04. The van der Waals surface area contributed by atoms with E-state index in [9.17, 15) is 0 Å². The van der Waals surface area contributed by atoms with Crippen molar-refractivity contribution in [2.45, 2.75) is 32.2 Å². The first-order valence-electron chi connectivity index (χ1n) is 5.26. The zero-order valence-electron chi connectivity index (χ0n) is 8.55. The minimum Gasteiger partial charge on any atom is -0.311 e. The molecule has 1 aliphatic heterocycles. The van der Waals surface area contributed by atoms with Crippen LogP contribution in [0.3, 0.4) is 0 Å². The third-order valence-electron chi connectivity index (χ3n) is 2.55. The molecule has 0 amide bonds. The molecule has 2 heteroatoms. The van der Waals surface area contributed by atoms with Crippen molar-refractivity contribution >= 4 is 0 Å². The molecule has 0 radical (unpaired) electrons. The Kier molecular flexibility index (Phi) is 4.88. The summed E-state index contributed by atoms with van der Waals surface area (Å²) in [5, 5.41) is 3.53. The fraction of sp³-hybridized carbons (Fsp3) is 0.818. The molecule has 1 N–H and O–H groups in total. The maximum atomic E-state index is 5.25. The molecular formula is C11H20N2. The molecule has 13 heavy (non-hydrogen) atoms. The molecule has 0 aliphatic carbocycles. The molecule has 1 atom stereocenters. The van der Waals surface area contributed by atoms with E-state index in [1.54, 1.807) is 0 Å². The number of piperazine rings is 1. The lowest BCUT2D eigenvalue weighted by Crippen LogP contribution is -2.50. The third kappa shape index (κ3) is 3.80. The fourth-order valence-corrected chi connectivity index (χ4v) is 1.86. The molecule has 2 nitrogen and oxygen atoms in total. The Morgan fingerprint density at radius 2 is 2.46 bits per heavy atom. The van der Waals surface area contributed by atoms with Crippen molar-refractivity contribution in [1.29, 1.82) is 0 Å². The minimum absolute atomic E-state index is 0.691. The van der Waals surface area contributed by atoms with Crippen LogP contribution in [0.2, 0.25) is 0 Å². The topological polar surface area (TPSA) is 15.3 Å².